The number of anilines is 2. The van der Waals surface area contributed by atoms with Crippen molar-refractivity contribution >= 4 is 23.1 Å². The Hall–Kier alpha value is -3.79. The molecule has 0 unspecified atom stereocenters. The fourth-order valence-electron chi connectivity index (χ4n) is 3.50. The minimum Gasteiger partial charge on any atom is -0.389 e. The molecule has 0 spiro atoms. The monoisotopic (exact) mass is 420 g/mol. The highest BCUT2D eigenvalue weighted by Crippen LogP contribution is 2.28. The molecule has 0 saturated carbocycles. The average molecular weight is 420 g/mol. The number of nitrogens with zero attached hydrogens (tertiary/aromatic N) is 6. The lowest BCUT2D eigenvalue weighted by Gasteiger charge is -2.16. The summed E-state index contributed by atoms with van der Waals surface area (Å²) in [4.78, 5) is 25.6. The van der Waals surface area contributed by atoms with Gasteiger partial charge in [-0.15, -0.1) is 0 Å². The van der Waals surface area contributed by atoms with Crippen LogP contribution in [0.5, 0.6) is 0 Å². The van der Waals surface area contributed by atoms with E-state index in [1.165, 1.54) is 6.33 Å². The smallest absolute Gasteiger partial charge is 0.258 e. The van der Waals surface area contributed by atoms with Crippen LogP contribution in [0, 0.1) is 13.8 Å². The molecule has 160 valence electrons. The number of amides is 1. The van der Waals surface area contributed by atoms with E-state index in [0.717, 1.165) is 22.3 Å². The molecule has 0 bridgehead atoms. The van der Waals surface area contributed by atoms with Crippen LogP contribution in [0.4, 0.5) is 11.6 Å². The van der Waals surface area contributed by atoms with E-state index in [-0.39, 0.29) is 5.91 Å². The Morgan fingerprint density at radius 2 is 2.00 bits per heavy atom. The van der Waals surface area contributed by atoms with Crippen molar-refractivity contribution in [2.75, 3.05) is 11.1 Å². The number of hydrogen-bond acceptors (Lipinski definition) is 7. The molecule has 31 heavy (non-hydrogen) atoms. The SMILES string of the molecule is Cc1ncc(-c2cc(C)c3c(N)ncnn23)cc1C(=O)Nc1cn(CC(C)(C)O)cn1. The molecule has 4 heterocycles. The van der Waals surface area contributed by atoms with Gasteiger partial charge in [0.1, 0.15) is 11.8 Å². The number of fused-ring (bicyclic) bond motifs is 1. The molecule has 4 rings (SSSR count). The molecule has 1 amide bonds. The molecule has 0 aliphatic carbocycles. The number of nitrogens with two attached hydrogens (primary N) is 1. The van der Waals surface area contributed by atoms with Gasteiger partial charge in [-0.05, 0) is 45.4 Å². The lowest BCUT2D eigenvalue weighted by atomic mass is 10.1. The van der Waals surface area contributed by atoms with E-state index >= 15 is 0 Å². The Bertz CT molecular complexity index is 1280. The van der Waals surface area contributed by atoms with Crippen LogP contribution in [0.2, 0.25) is 0 Å². The van der Waals surface area contributed by atoms with E-state index in [9.17, 15) is 9.90 Å². The van der Waals surface area contributed by atoms with Crippen molar-refractivity contribution < 1.29 is 9.90 Å². The average Bonchev–Trinajstić information content (AvgIpc) is 3.25. The minimum atomic E-state index is -0.887. The quantitative estimate of drug-likeness (QED) is 0.450. The first-order valence-electron chi connectivity index (χ1n) is 9.74. The third kappa shape index (κ3) is 4.10. The van der Waals surface area contributed by atoms with Gasteiger partial charge in [0.15, 0.2) is 11.6 Å². The maximum Gasteiger partial charge on any atom is 0.258 e. The standard InChI is InChI=1S/C21H24N8O2/c1-12-5-16(29-18(12)19(22)24-10-26-29)14-6-15(13(2)23-7-14)20(30)27-17-8-28(11-25-17)9-21(3,4)31/h5-8,10-11,31H,9H2,1-4H3,(H,27,30)(H2,22,24,26). The Labute approximate surface area is 178 Å². The van der Waals surface area contributed by atoms with Crippen LogP contribution in [0.25, 0.3) is 16.8 Å². The summed E-state index contributed by atoms with van der Waals surface area (Å²) in [7, 11) is 0. The van der Waals surface area contributed by atoms with Crippen molar-refractivity contribution in [3.05, 3.63) is 54.0 Å². The van der Waals surface area contributed by atoms with Crippen molar-refractivity contribution in [2.24, 2.45) is 0 Å². The van der Waals surface area contributed by atoms with Gasteiger partial charge in [-0.3, -0.25) is 9.78 Å². The minimum absolute atomic E-state index is 0.327. The number of aliphatic hydroxyl groups is 1. The van der Waals surface area contributed by atoms with E-state index in [0.29, 0.717) is 29.4 Å². The number of aromatic nitrogens is 6. The van der Waals surface area contributed by atoms with Crippen LogP contribution in [0.3, 0.4) is 0 Å². The summed E-state index contributed by atoms with van der Waals surface area (Å²) in [6, 6.07) is 3.71. The van der Waals surface area contributed by atoms with Crippen molar-refractivity contribution in [3.8, 4) is 11.3 Å². The first-order valence-corrected chi connectivity index (χ1v) is 9.74. The van der Waals surface area contributed by atoms with Crippen LogP contribution in [0.15, 0.2) is 37.2 Å². The third-order valence-electron chi connectivity index (χ3n) is 4.84. The number of nitrogen functional groups attached to an aromatic ring is 1. The molecule has 10 nitrogen and oxygen atoms in total. The molecule has 0 aliphatic rings. The number of carbonyl (C=O) groups is 1. The first kappa shape index (κ1) is 20.5. The molecule has 0 aromatic carbocycles. The number of nitrogens with one attached hydrogen (secondary N) is 1. The lowest BCUT2D eigenvalue weighted by Crippen LogP contribution is -2.25. The van der Waals surface area contributed by atoms with E-state index in [2.05, 4.69) is 25.4 Å². The largest absolute Gasteiger partial charge is 0.389 e. The van der Waals surface area contributed by atoms with E-state index in [1.807, 2.05) is 13.0 Å². The van der Waals surface area contributed by atoms with Gasteiger partial charge in [-0.1, -0.05) is 0 Å². The van der Waals surface area contributed by atoms with E-state index in [4.69, 9.17) is 5.73 Å². The summed E-state index contributed by atoms with van der Waals surface area (Å²) >= 11 is 0. The van der Waals surface area contributed by atoms with Gasteiger partial charge in [0, 0.05) is 18.0 Å². The Balaban J connectivity index is 1.65. The van der Waals surface area contributed by atoms with Crippen LogP contribution in [-0.2, 0) is 6.54 Å². The van der Waals surface area contributed by atoms with Crippen molar-refractivity contribution in [3.63, 3.8) is 0 Å². The van der Waals surface area contributed by atoms with Crippen molar-refractivity contribution in [1.29, 1.82) is 0 Å². The number of imidazole rings is 1. The predicted molar refractivity (Wildman–Crippen MR) is 117 cm³/mol. The Kier molecular flexibility index (Phi) is 4.94. The summed E-state index contributed by atoms with van der Waals surface area (Å²) in [5, 5.41) is 17.0. The predicted octanol–water partition coefficient (Wildman–Crippen LogP) is 2.21. The van der Waals surface area contributed by atoms with Crippen LogP contribution in [-0.4, -0.2) is 45.7 Å². The van der Waals surface area contributed by atoms with Gasteiger partial charge in [0.05, 0.1) is 35.4 Å². The summed E-state index contributed by atoms with van der Waals surface area (Å²) in [5.74, 6) is 0.453. The Morgan fingerprint density at radius 3 is 2.74 bits per heavy atom. The van der Waals surface area contributed by atoms with Crippen molar-refractivity contribution in [2.45, 2.75) is 39.8 Å². The summed E-state index contributed by atoms with van der Waals surface area (Å²) in [6.45, 7) is 7.47. The molecule has 0 aliphatic heterocycles. The topological polar surface area (TPSA) is 136 Å². The zero-order valence-electron chi connectivity index (χ0n) is 17.8. The second-order valence-electron chi connectivity index (χ2n) is 8.17. The van der Waals surface area contributed by atoms with Crippen LogP contribution < -0.4 is 11.1 Å². The maximum absolute atomic E-state index is 12.9. The highest BCUT2D eigenvalue weighted by atomic mass is 16.3. The van der Waals surface area contributed by atoms with E-state index in [1.54, 1.807) is 54.6 Å². The van der Waals surface area contributed by atoms with Gasteiger partial charge in [-0.25, -0.2) is 14.5 Å². The molecular weight excluding hydrogens is 396 g/mol. The lowest BCUT2D eigenvalue weighted by molar-refractivity contribution is 0.0615. The van der Waals surface area contributed by atoms with Gasteiger partial charge in [0.2, 0.25) is 0 Å². The zero-order chi connectivity index (χ0) is 22.3. The number of hydrogen-bond donors (Lipinski definition) is 3. The van der Waals surface area contributed by atoms with Crippen LogP contribution in [0.1, 0.15) is 35.5 Å². The fourth-order valence-corrected chi connectivity index (χ4v) is 3.50. The second kappa shape index (κ2) is 7.47. The Morgan fingerprint density at radius 1 is 1.23 bits per heavy atom. The highest BCUT2D eigenvalue weighted by Gasteiger charge is 2.18. The highest BCUT2D eigenvalue weighted by molar-refractivity contribution is 6.05. The molecular formula is C21H24N8O2. The molecule has 0 atom stereocenters. The van der Waals surface area contributed by atoms with Gasteiger partial charge < -0.3 is 20.7 Å². The summed E-state index contributed by atoms with van der Waals surface area (Å²) in [6.07, 6.45) is 6.33. The molecule has 4 N–H and O–H groups in total. The summed E-state index contributed by atoms with van der Waals surface area (Å²) in [5.41, 5.74) is 9.26. The molecule has 0 radical (unpaired) electrons. The molecule has 0 saturated heterocycles. The second-order valence-corrected chi connectivity index (χ2v) is 8.17. The fraction of sp³-hybridized carbons (Fsp3) is 0.286. The zero-order valence-corrected chi connectivity index (χ0v) is 17.8. The number of carbonyl (C=O) groups excluding carboxylic acids is 1. The molecule has 4 aromatic heterocycles. The third-order valence-corrected chi connectivity index (χ3v) is 4.84. The molecule has 10 heteroatoms. The van der Waals surface area contributed by atoms with Gasteiger partial charge >= 0.3 is 0 Å². The summed E-state index contributed by atoms with van der Waals surface area (Å²) < 4.78 is 3.42. The molecule has 0 fully saturated rings. The number of aryl methyl sites for hydroxylation is 2. The number of rotatable bonds is 5. The number of pyridine rings is 1. The van der Waals surface area contributed by atoms with Gasteiger partial charge in [-0.2, -0.15) is 5.10 Å². The normalized spacial score (nSPS) is 11.8. The first-order chi connectivity index (χ1) is 14.6. The van der Waals surface area contributed by atoms with E-state index < -0.39 is 5.60 Å². The maximum atomic E-state index is 12.9. The van der Waals surface area contributed by atoms with Crippen LogP contribution >= 0.6 is 0 Å². The van der Waals surface area contributed by atoms with Crippen molar-refractivity contribution in [1.82, 2.24) is 29.1 Å². The van der Waals surface area contributed by atoms with Gasteiger partial charge in [0.25, 0.3) is 5.91 Å². The molecule has 4 aromatic rings.